The number of aromatic nitrogens is 2. The highest BCUT2D eigenvalue weighted by Gasteiger charge is 2.32. The van der Waals surface area contributed by atoms with Crippen LogP contribution >= 0.6 is 0 Å². The second kappa shape index (κ2) is 5.00. The van der Waals surface area contributed by atoms with Crippen LogP contribution in [0.4, 0.5) is 11.5 Å². The van der Waals surface area contributed by atoms with Crippen molar-refractivity contribution in [3.63, 3.8) is 0 Å². The highest BCUT2D eigenvalue weighted by Crippen LogP contribution is 2.31. The Labute approximate surface area is 117 Å². The predicted octanol–water partition coefficient (Wildman–Crippen LogP) is 1.53. The van der Waals surface area contributed by atoms with E-state index in [1.807, 2.05) is 24.3 Å². The van der Waals surface area contributed by atoms with Crippen molar-refractivity contribution in [1.29, 1.82) is 0 Å². The lowest BCUT2D eigenvalue weighted by molar-refractivity contribution is 0.743. The minimum atomic E-state index is -0.0612. The quantitative estimate of drug-likeness (QED) is 0.856. The summed E-state index contributed by atoms with van der Waals surface area (Å²) in [5, 5.41) is 0. The monoisotopic (exact) mass is 270 g/mol. The average molecular weight is 270 g/mol. The molecule has 5 nitrogen and oxygen atoms in total. The third-order valence-corrected chi connectivity index (χ3v) is 3.65. The van der Waals surface area contributed by atoms with E-state index in [-0.39, 0.29) is 5.56 Å². The smallest absolute Gasteiger partial charge is 0.293 e. The molecule has 1 aliphatic carbocycles. The summed E-state index contributed by atoms with van der Waals surface area (Å²) in [6.45, 7) is 0.629. The van der Waals surface area contributed by atoms with Gasteiger partial charge in [-0.1, -0.05) is 18.2 Å². The van der Waals surface area contributed by atoms with E-state index in [0.29, 0.717) is 18.4 Å². The molecule has 0 bridgehead atoms. The first kappa shape index (κ1) is 12.7. The van der Waals surface area contributed by atoms with E-state index in [1.54, 1.807) is 24.0 Å². The Balaban J connectivity index is 1.96. The molecular weight excluding hydrogens is 252 g/mol. The molecule has 1 fully saturated rings. The van der Waals surface area contributed by atoms with E-state index in [4.69, 9.17) is 5.73 Å². The molecule has 1 heterocycles. The maximum Gasteiger partial charge on any atom is 0.293 e. The van der Waals surface area contributed by atoms with Crippen LogP contribution in [0.5, 0.6) is 0 Å². The number of aryl methyl sites for hydroxylation is 1. The summed E-state index contributed by atoms with van der Waals surface area (Å²) in [4.78, 5) is 18.6. The van der Waals surface area contributed by atoms with Crippen molar-refractivity contribution in [3.05, 3.63) is 52.6 Å². The molecule has 0 unspecified atom stereocenters. The maximum atomic E-state index is 12.2. The van der Waals surface area contributed by atoms with Crippen LogP contribution < -0.4 is 16.2 Å². The average Bonchev–Trinajstić information content (AvgIpc) is 3.26. The Bertz CT molecular complexity index is 676. The fourth-order valence-corrected chi connectivity index (χ4v) is 2.31. The molecule has 0 spiro atoms. The Morgan fingerprint density at radius 1 is 1.40 bits per heavy atom. The van der Waals surface area contributed by atoms with Crippen molar-refractivity contribution in [1.82, 2.24) is 9.55 Å². The molecule has 3 rings (SSSR count). The number of rotatable bonds is 4. The first-order chi connectivity index (χ1) is 9.66. The van der Waals surface area contributed by atoms with Crippen molar-refractivity contribution in [3.8, 4) is 0 Å². The number of hydrogen-bond acceptors (Lipinski definition) is 4. The molecule has 2 aromatic rings. The van der Waals surface area contributed by atoms with Crippen molar-refractivity contribution < 1.29 is 0 Å². The van der Waals surface area contributed by atoms with Gasteiger partial charge in [0.25, 0.3) is 5.56 Å². The summed E-state index contributed by atoms with van der Waals surface area (Å²) in [6, 6.07) is 8.17. The molecule has 2 N–H and O–H groups in total. The molecule has 0 radical (unpaired) electrons. The van der Waals surface area contributed by atoms with Crippen molar-refractivity contribution in [2.45, 2.75) is 25.4 Å². The fourth-order valence-electron chi connectivity index (χ4n) is 2.31. The Morgan fingerprint density at radius 3 is 2.85 bits per heavy atom. The van der Waals surface area contributed by atoms with Gasteiger partial charge in [0.15, 0.2) is 5.82 Å². The first-order valence-corrected chi connectivity index (χ1v) is 6.78. The molecule has 5 heteroatoms. The van der Waals surface area contributed by atoms with Crippen molar-refractivity contribution in [2.24, 2.45) is 7.05 Å². The van der Waals surface area contributed by atoms with E-state index in [1.165, 1.54) is 0 Å². The zero-order valence-corrected chi connectivity index (χ0v) is 11.5. The molecule has 20 heavy (non-hydrogen) atoms. The van der Waals surface area contributed by atoms with E-state index in [0.717, 1.165) is 24.1 Å². The molecule has 104 valence electrons. The normalized spacial score (nSPS) is 14.2. The van der Waals surface area contributed by atoms with Crippen LogP contribution in [0.15, 0.2) is 41.5 Å². The van der Waals surface area contributed by atoms with E-state index < -0.39 is 0 Å². The molecule has 0 aliphatic heterocycles. The number of nitrogens with zero attached hydrogens (tertiary/aromatic N) is 3. The fraction of sp³-hybridized carbons (Fsp3) is 0.333. The van der Waals surface area contributed by atoms with Gasteiger partial charge in [-0.05, 0) is 24.5 Å². The van der Waals surface area contributed by atoms with Gasteiger partial charge in [0.1, 0.15) is 0 Å². The van der Waals surface area contributed by atoms with Gasteiger partial charge >= 0.3 is 0 Å². The summed E-state index contributed by atoms with van der Waals surface area (Å²) in [7, 11) is 1.75. The lowest BCUT2D eigenvalue weighted by Gasteiger charge is -2.23. The number of anilines is 2. The van der Waals surface area contributed by atoms with Crippen LogP contribution in [0, 0.1) is 0 Å². The molecule has 0 amide bonds. The molecular formula is C15H18N4O. The summed E-state index contributed by atoms with van der Waals surface area (Å²) in [5.74, 6) is 0.515. The van der Waals surface area contributed by atoms with E-state index in [2.05, 4.69) is 9.88 Å². The standard InChI is InChI=1S/C15H18N4O/c1-18-9-8-17-14(15(18)20)19(12-6-7-12)10-11-4-2-3-5-13(11)16/h2-5,8-9,12H,6-7,10,16H2,1H3. The van der Waals surface area contributed by atoms with E-state index in [9.17, 15) is 4.79 Å². The van der Waals surface area contributed by atoms with Gasteiger partial charge in [0, 0.05) is 37.7 Å². The van der Waals surface area contributed by atoms with Crippen LogP contribution in [0.2, 0.25) is 0 Å². The van der Waals surface area contributed by atoms with Crippen LogP contribution in [0.3, 0.4) is 0 Å². The van der Waals surface area contributed by atoms with Crippen LogP contribution in [-0.2, 0) is 13.6 Å². The zero-order chi connectivity index (χ0) is 14.1. The van der Waals surface area contributed by atoms with Crippen LogP contribution in [-0.4, -0.2) is 15.6 Å². The lowest BCUT2D eigenvalue weighted by Crippen LogP contribution is -2.34. The summed E-state index contributed by atoms with van der Waals surface area (Å²) in [5.41, 5.74) is 7.73. The second-order valence-corrected chi connectivity index (χ2v) is 5.22. The summed E-state index contributed by atoms with van der Waals surface area (Å²) in [6.07, 6.45) is 5.55. The van der Waals surface area contributed by atoms with Crippen LogP contribution in [0.25, 0.3) is 0 Å². The molecule has 1 aliphatic rings. The minimum Gasteiger partial charge on any atom is -0.398 e. The second-order valence-electron chi connectivity index (χ2n) is 5.22. The Kier molecular flexibility index (Phi) is 3.18. The number of para-hydroxylation sites is 1. The molecule has 0 saturated heterocycles. The highest BCUT2D eigenvalue weighted by molar-refractivity contribution is 5.50. The minimum absolute atomic E-state index is 0.0612. The number of nitrogen functional groups attached to an aromatic ring is 1. The third kappa shape index (κ3) is 2.39. The SMILES string of the molecule is Cn1ccnc(N(Cc2ccccc2N)C2CC2)c1=O. The van der Waals surface area contributed by atoms with Gasteiger partial charge < -0.3 is 15.2 Å². The molecule has 1 aromatic heterocycles. The van der Waals surface area contributed by atoms with Gasteiger partial charge in [-0.3, -0.25) is 4.79 Å². The van der Waals surface area contributed by atoms with Gasteiger partial charge in [0.2, 0.25) is 0 Å². The predicted molar refractivity (Wildman–Crippen MR) is 79.5 cm³/mol. The lowest BCUT2D eigenvalue weighted by atomic mass is 10.1. The van der Waals surface area contributed by atoms with Gasteiger partial charge in [-0.15, -0.1) is 0 Å². The zero-order valence-electron chi connectivity index (χ0n) is 11.5. The molecule has 1 aromatic carbocycles. The summed E-state index contributed by atoms with van der Waals surface area (Å²) >= 11 is 0. The third-order valence-electron chi connectivity index (χ3n) is 3.65. The van der Waals surface area contributed by atoms with Gasteiger partial charge in [0.05, 0.1) is 0 Å². The van der Waals surface area contributed by atoms with Crippen molar-refractivity contribution >= 4 is 11.5 Å². The molecule has 1 saturated carbocycles. The number of benzene rings is 1. The van der Waals surface area contributed by atoms with Crippen LogP contribution in [0.1, 0.15) is 18.4 Å². The maximum absolute atomic E-state index is 12.2. The largest absolute Gasteiger partial charge is 0.398 e. The Morgan fingerprint density at radius 2 is 2.15 bits per heavy atom. The van der Waals surface area contributed by atoms with Crippen molar-refractivity contribution in [2.75, 3.05) is 10.6 Å². The summed E-state index contributed by atoms with van der Waals surface area (Å²) < 4.78 is 1.56. The van der Waals surface area contributed by atoms with Gasteiger partial charge in [-0.2, -0.15) is 0 Å². The topological polar surface area (TPSA) is 64.2 Å². The molecule has 0 atom stereocenters. The number of hydrogen-bond donors (Lipinski definition) is 1. The number of nitrogens with two attached hydrogens (primary N) is 1. The van der Waals surface area contributed by atoms with E-state index >= 15 is 0 Å². The first-order valence-electron chi connectivity index (χ1n) is 6.78. The Hall–Kier alpha value is -2.30. The van der Waals surface area contributed by atoms with Gasteiger partial charge in [-0.25, -0.2) is 4.98 Å². The highest BCUT2D eigenvalue weighted by atomic mass is 16.1.